The number of benzene rings is 1. The molecule has 1 unspecified atom stereocenters. The average molecular weight is 271 g/mol. The highest BCUT2D eigenvalue weighted by atomic mass is 15.0. The molecule has 1 nitrogen and oxygen atoms in total. The highest BCUT2D eigenvalue weighted by Crippen LogP contribution is 2.44. The van der Waals surface area contributed by atoms with Gasteiger partial charge in [0.2, 0.25) is 0 Å². The van der Waals surface area contributed by atoms with Crippen molar-refractivity contribution in [2.24, 2.45) is 5.41 Å². The molecular weight excluding hydrogens is 242 g/mol. The van der Waals surface area contributed by atoms with E-state index in [0.717, 1.165) is 6.04 Å². The third-order valence-electron chi connectivity index (χ3n) is 5.44. The molecular formula is C19H29N. The summed E-state index contributed by atoms with van der Waals surface area (Å²) >= 11 is 0. The van der Waals surface area contributed by atoms with Crippen molar-refractivity contribution in [3.05, 3.63) is 35.4 Å². The summed E-state index contributed by atoms with van der Waals surface area (Å²) < 4.78 is 0. The van der Waals surface area contributed by atoms with E-state index in [1.165, 1.54) is 51.4 Å². The van der Waals surface area contributed by atoms with Gasteiger partial charge in [-0.1, -0.05) is 63.8 Å². The Balaban J connectivity index is 1.82. The molecule has 3 rings (SSSR count). The lowest BCUT2D eigenvalue weighted by atomic mass is 9.70. The average Bonchev–Trinajstić information content (AvgIpc) is 2.71. The Labute approximate surface area is 124 Å². The molecule has 0 bridgehead atoms. The summed E-state index contributed by atoms with van der Waals surface area (Å²) in [5.74, 6) is 0. The Morgan fingerprint density at radius 2 is 1.70 bits per heavy atom. The van der Waals surface area contributed by atoms with Gasteiger partial charge in [-0.3, -0.25) is 0 Å². The van der Waals surface area contributed by atoms with Crippen molar-refractivity contribution in [2.45, 2.75) is 77.3 Å². The smallest absolute Gasteiger partial charge is 0.0376 e. The minimum absolute atomic E-state index is 0.376. The molecule has 0 aromatic heterocycles. The summed E-state index contributed by atoms with van der Waals surface area (Å²) in [6.45, 7) is 4.88. The van der Waals surface area contributed by atoms with Crippen LogP contribution in [0.2, 0.25) is 0 Å². The predicted octanol–water partition coefficient (Wildman–Crippen LogP) is 5.01. The molecule has 0 heterocycles. The lowest BCUT2D eigenvalue weighted by Gasteiger charge is -2.42. The van der Waals surface area contributed by atoms with Gasteiger partial charge in [0.1, 0.15) is 0 Å². The van der Waals surface area contributed by atoms with Crippen LogP contribution in [0.3, 0.4) is 0 Å². The second kappa shape index (κ2) is 5.89. The van der Waals surface area contributed by atoms with Crippen LogP contribution < -0.4 is 5.32 Å². The van der Waals surface area contributed by atoms with E-state index < -0.39 is 0 Å². The summed E-state index contributed by atoms with van der Waals surface area (Å²) in [6.07, 6.45) is 11.0. The van der Waals surface area contributed by atoms with Gasteiger partial charge in [0.05, 0.1) is 0 Å². The first-order valence-electron chi connectivity index (χ1n) is 8.51. The monoisotopic (exact) mass is 271 g/mol. The normalized spacial score (nSPS) is 26.8. The Morgan fingerprint density at radius 3 is 2.45 bits per heavy atom. The fraction of sp³-hybridized carbons (Fsp3) is 0.684. The number of nitrogens with one attached hydrogen (secondary N) is 1. The molecule has 0 aliphatic heterocycles. The second-order valence-electron chi connectivity index (χ2n) is 7.48. The summed E-state index contributed by atoms with van der Waals surface area (Å²) in [7, 11) is 0. The van der Waals surface area contributed by atoms with E-state index in [0.29, 0.717) is 11.5 Å². The van der Waals surface area contributed by atoms with Gasteiger partial charge in [0.25, 0.3) is 0 Å². The fourth-order valence-electron chi connectivity index (χ4n) is 4.06. The second-order valence-corrected chi connectivity index (χ2v) is 7.48. The van der Waals surface area contributed by atoms with Gasteiger partial charge in [-0.15, -0.1) is 0 Å². The van der Waals surface area contributed by atoms with Crippen LogP contribution in [0.15, 0.2) is 24.3 Å². The molecule has 0 radical (unpaired) electrons. The van der Waals surface area contributed by atoms with Crippen molar-refractivity contribution >= 4 is 0 Å². The Bertz CT molecular complexity index is 441. The van der Waals surface area contributed by atoms with Crippen LogP contribution in [-0.2, 0) is 6.42 Å². The summed E-state index contributed by atoms with van der Waals surface area (Å²) in [6, 6.07) is 10.3. The lowest BCUT2D eigenvalue weighted by Crippen LogP contribution is -2.43. The van der Waals surface area contributed by atoms with Crippen molar-refractivity contribution in [1.29, 1.82) is 0 Å². The third kappa shape index (κ3) is 2.93. The maximum atomic E-state index is 4.04. The first-order chi connectivity index (χ1) is 9.67. The topological polar surface area (TPSA) is 12.0 Å². The lowest BCUT2D eigenvalue weighted by molar-refractivity contribution is 0.188. The van der Waals surface area contributed by atoms with Crippen LogP contribution in [0.4, 0.5) is 0 Å². The van der Waals surface area contributed by atoms with Crippen LogP contribution >= 0.6 is 0 Å². The zero-order valence-electron chi connectivity index (χ0n) is 13.1. The number of rotatable bonds is 2. The minimum Gasteiger partial charge on any atom is -0.307 e. The van der Waals surface area contributed by atoms with Crippen LogP contribution in [-0.4, -0.2) is 6.04 Å². The first kappa shape index (κ1) is 14.1. The summed E-state index contributed by atoms with van der Waals surface area (Å²) in [5.41, 5.74) is 3.51. The van der Waals surface area contributed by atoms with E-state index in [2.05, 4.69) is 43.4 Å². The zero-order valence-corrected chi connectivity index (χ0v) is 13.1. The number of aryl methyl sites for hydroxylation is 1. The third-order valence-corrected chi connectivity index (χ3v) is 5.44. The zero-order chi connectivity index (χ0) is 14.0. The Morgan fingerprint density at radius 1 is 1.00 bits per heavy atom. The highest BCUT2D eigenvalue weighted by molar-refractivity contribution is 5.34. The minimum atomic E-state index is 0.376. The van der Waals surface area contributed by atoms with Gasteiger partial charge in [0.15, 0.2) is 0 Å². The largest absolute Gasteiger partial charge is 0.307 e. The Kier molecular flexibility index (Phi) is 4.16. The van der Waals surface area contributed by atoms with E-state index in [9.17, 15) is 0 Å². The van der Waals surface area contributed by atoms with E-state index in [4.69, 9.17) is 0 Å². The molecule has 0 saturated heterocycles. The van der Waals surface area contributed by atoms with Crippen molar-refractivity contribution < 1.29 is 0 Å². The molecule has 0 amide bonds. The van der Waals surface area contributed by atoms with E-state index in [-0.39, 0.29) is 0 Å². The molecule has 110 valence electrons. The molecule has 0 spiro atoms. The molecule has 1 heteroatoms. The first-order valence-corrected chi connectivity index (χ1v) is 8.51. The molecule has 1 saturated carbocycles. The SMILES string of the molecule is CC1(C)CCc2ccccc2C1NC1CCCCCC1. The summed E-state index contributed by atoms with van der Waals surface area (Å²) in [5, 5.41) is 4.04. The van der Waals surface area contributed by atoms with Gasteiger partial charge in [-0.05, 0) is 42.2 Å². The van der Waals surface area contributed by atoms with Crippen molar-refractivity contribution in [2.75, 3.05) is 0 Å². The highest BCUT2D eigenvalue weighted by Gasteiger charge is 2.36. The maximum absolute atomic E-state index is 4.04. The van der Waals surface area contributed by atoms with Crippen molar-refractivity contribution in [3.8, 4) is 0 Å². The molecule has 2 aliphatic carbocycles. The van der Waals surface area contributed by atoms with Gasteiger partial charge < -0.3 is 5.32 Å². The maximum Gasteiger partial charge on any atom is 0.0376 e. The van der Waals surface area contributed by atoms with Gasteiger partial charge >= 0.3 is 0 Å². The standard InChI is InChI=1S/C19H29N/c1-19(2)14-13-15-9-7-8-12-17(15)18(19)20-16-10-5-3-4-6-11-16/h7-9,12,16,18,20H,3-6,10-11,13-14H2,1-2H3. The molecule has 1 atom stereocenters. The van der Waals surface area contributed by atoms with Crippen LogP contribution in [0.1, 0.15) is 76.0 Å². The van der Waals surface area contributed by atoms with E-state index in [1.54, 1.807) is 11.1 Å². The summed E-state index contributed by atoms with van der Waals surface area (Å²) in [4.78, 5) is 0. The quantitative estimate of drug-likeness (QED) is 0.745. The van der Waals surface area contributed by atoms with Crippen molar-refractivity contribution in [3.63, 3.8) is 0 Å². The van der Waals surface area contributed by atoms with Gasteiger partial charge in [0, 0.05) is 12.1 Å². The molecule has 20 heavy (non-hydrogen) atoms. The Hall–Kier alpha value is -0.820. The molecule has 2 aliphatic rings. The van der Waals surface area contributed by atoms with Crippen LogP contribution in [0.5, 0.6) is 0 Å². The van der Waals surface area contributed by atoms with Crippen molar-refractivity contribution in [1.82, 2.24) is 5.32 Å². The van der Waals surface area contributed by atoms with Gasteiger partial charge in [-0.2, -0.15) is 0 Å². The molecule has 1 fully saturated rings. The van der Waals surface area contributed by atoms with Crippen LogP contribution in [0, 0.1) is 5.41 Å². The van der Waals surface area contributed by atoms with Gasteiger partial charge in [-0.25, -0.2) is 0 Å². The molecule has 1 aromatic carbocycles. The number of hydrogen-bond donors (Lipinski definition) is 1. The molecule has 1 N–H and O–H groups in total. The predicted molar refractivity (Wildman–Crippen MR) is 85.9 cm³/mol. The van der Waals surface area contributed by atoms with Crippen LogP contribution in [0.25, 0.3) is 0 Å². The van der Waals surface area contributed by atoms with E-state index in [1.807, 2.05) is 0 Å². The molecule has 1 aromatic rings. The number of hydrogen-bond acceptors (Lipinski definition) is 1. The van der Waals surface area contributed by atoms with E-state index >= 15 is 0 Å². The number of fused-ring (bicyclic) bond motifs is 1. The fourth-order valence-corrected chi connectivity index (χ4v) is 4.06.